The van der Waals surface area contributed by atoms with Gasteiger partial charge in [0.2, 0.25) is 0 Å². The lowest BCUT2D eigenvalue weighted by molar-refractivity contribution is -0.122. The standard InChI is InChI=1S/C17H22N4O3S/c1-12-9-13(2)21(19-12)11-17(22)18-20-25(23,24)16-8-7-14-5-3-4-6-15(14)10-16/h7-10,20H,3-6,11H2,1-2H3,(H,18,22). The Kier molecular flexibility index (Phi) is 4.91. The van der Waals surface area contributed by atoms with Crippen LogP contribution in [0, 0.1) is 13.8 Å². The Balaban J connectivity index is 1.65. The van der Waals surface area contributed by atoms with Crippen molar-refractivity contribution < 1.29 is 13.2 Å². The third-order valence-electron chi connectivity index (χ3n) is 4.35. The Bertz CT molecular complexity index is 903. The van der Waals surface area contributed by atoms with E-state index >= 15 is 0 Å². The molecule has 0 saturated heterocycles. The molecule has 1 aromatic carbocycles. The number of hydrogen-bond acceptors (Lipinski definition) is 4. The molecule has 1 aromatic heterocycles. The zero-order valence-electron chi connectivity index (χ0n) is 14.4. The monoisotopic (exact) mass is 362 g/mol. The molecule has 134 valence electrons. The molecule has 0 radical (unpaired) electrons. The lowest BCUT2D eigenvalue weighted by atomic mass is 9.92. The summed E-state index contributed by atoms with van der Waals surface area (Å²) in [5, 5.41) is 4.18. The molecule has 0 atom stereocenters. The first-order chi connectivity index (χ1) is 11.8. The third kappa shape index (κ3) is 4.08. The molecule has 8 heteroatoms. The van der Waals surface area contributed by atoms with Crippen LogP contribution in [-0.4, -0.2) is 24.1 Å². The predicted octanol–water partition coefficient (Wildman–Crippen LogP) is 1.39. The van der Waals surface area contributed by atoms with Crippen LogP contribution in [0.25, 0.3) is 0 Å². The van der Waals surface area contributed by atoms with Gasteiger partial charge in [0.05, 0.1) is 10.6 Å². The van der Waals surface area contributed by atoms with Gasteiger partial charge < -0.3 is 0 Å². The normalized spacial score (nSPS) is 14.2. The van der Waals surface area contributed by atoms with Gasteiger partial charge in [0.1, 0.15) is 6.54 Å². The Hall–Kier alpha value is -2.19. The zero-order valence-corrected chi connectivity index (χ0v) is 15.2. The van der Waals surface area contributed by atoms with Gasteiger partial charge in [-0.2, -0.15) is 5.10 Å². The third-order valence-corrected chi connectivity index (χ3v) is 5.60. The molecule has 3 rings (SSSR count). The minimum absolute atomic E-state index is 0.0492. The van der Waals surface area contributed by atoms with Gasteiger partial charge in [0, 0.05) is 5.69 Å². The molecule has 2 aromatic rings. The van der Waals surface area contributed by atoms with E-state index in [-0.39, 0.29) is 11.4 Å². The van der Waals surface area contributed by atoms with E-state index in [0.717, 1.165) is 42.6 Å². The van der Waals surface area contributed by atoms with Crippen molar-refractivity contribution in [3.8, 4) is 0 Å². The summed E-state index contributed by atoms with van der Waals surface area (Å²) in [6.45, 7) is 3.62. The largest absolute Gasteiger partial charge is 0.276 e. The maximum absolute atomic E-state index is 12.4. The molecular formula is C17H22N4O3S. The van der Waals surface area contributed by atoms with Gasteiger partial charge in [-0.05, 0) is 68.9 Å². The number of sulfonamides is 1. The van der Waals surface area contributed by atoms with Gasteiger partial charge in [-0.25, -0.2) is 8.42 Å². The maximum Gasteiger partial charge on any atom is 0.257 e. The van der Waals surface area contributed by atoms with Crippen molar-refractivity contribution in [1.29, 1.82) is 0 Å². The zero-order chi connectivity index (χ0) is 18.0. The van der Waals surface area contributed by atoms with Crippen molar-refractivity contribution in [1.82, 2.24) is 20.0 Å². The van der Waals surface area contributed by atoms with Crippen LogP contribution in [0.15, 0.2) is 29.2 Å². The van der Waals surface area contributed by atoms with Crippen LogP contribution >= 0.6 is 0 Å². The summed E-state index contributed by atoms with van der Waals surface area (Å²) in [5.74, 6) is -0.479. The van der Waals surface area contributed by atoms with Gasteiger partial charge in [0.15, 0.2) is 0 Å². The molecule has 0 unspecified atom stereocenters. The smallest absolute Gasteiger partial charge is 0.257 e. The SMILES string of the molecule is Cc1cc(C)n(CC(=O)NNS(=O)(=O)c2ccc3c(c2)CCCC3)n1. The van der Waals surface area contributed by atoms with E-state index in [1.165, 1.54) is 10.2 Å². The first-order valence-electron chi connectivity index (χ1n) is 8.29. The number of fused-ring (bicyclic) bond motifs is 1. The summed E-state index contributed by atoms with van der Waals surface area (Å²) in [7, 11) is -3.80. The number of hydrazine groups is 1. The van der Waals surface area contributed by atoms with Crippen LogP contribution in [0.3, 0.4) is 0 Å². The minimum atomic E-state index is -3.80. The van der Waals surface area contributed by atoms with Crippen molar-refractivity contribution >= 4 is 15.9 Å². The first kappa shape index (κ1) is 17.6. The van der Waals surface area contributed by atoms with E-state index in [1.54, 1.807) is 12.1 Å². The van der Waals surface area contributed by atoms with Gasteiger partial charge in [-0.1, -0.05) is 6.07 Å². The second kappa shape index (κ2) is 6.97. The van der Waals surface area contributed by atoms with Crippen LogP contribution < -0.4 is 10.3 Å². The number of aryl methyl sites for hydroxylation is 4. The molecule has 2 N–H and O–H groups in total. The summed E-state index contributed by atoms with van der Waals surface area (Å²) in [6, 6.07) is 7.00. The Morgan fingerprint density at radius 3 is 2.56 bits per heavy atom. The molecule has 0 spiro atoms. The number of nitrogens with zero attached hydrogens (tertiary/aromatic N) is 2. The van der Waals surface area contributed by atoms with Crippen molar-refractivity contribution in [3.63, 3.8) is 0 Å². The predicted molar refractivity (Wildman–Crippen MR) is 93.2 cm³/mol. The molecule has 7 nitrogen and oxygen atoms in total. The fraction of sp³-hybridized carbons (Fsp3) is 0.412. The van der Waals surface area contributed by atoms with E-state index in [9.17, 15) is 13.2 Å². The Morgan fingerprint density at radius 2 is 1.88 bits per heavy atom. The second-order valence-corrected chi connectivity index (χ2v) is 8.06. The van der Waals surface area contributed by atoms with Crippen molar-refractivity contribution in [2.24, 2.45) is 0 Å². The highest BCUT2D eigenvalue weighted by molar-refractivity contribution is 7.89. The number of carbonyl (C=O) groups is 1. The summed E-state index contributed by atoms with van der Waals surface area (Å²) in [4.78, 5) is 14.3. The van der Waals surface area contributed by atoms with E-state index < -0.39 is 15.9 Å². The van der Waals surface area contributed by atoms with E-state index in [2.05, 4.69) is 15.4 Å². The van der Waals surface area contributed by atoms with Gasteiger partial charge in [0.25, 0.3) is 15.9 Å². The summed E-state index contributed by atoms with van der Waals surface area (Å²) < 4.78 is 26.3. The number of benzene rings is 1. The summed E-state index contributed by atoms with van der Waals surface area (Å²) in [6.07, 6.45) is 4.09. The van der Waals surface area contributed by atoms with E-state index in [0.29, 0.717) is 0 Å². The van der Waals surface area contributed by atoms with Gasteiger partial charge in [-0.15, -0.1) is 4.83 Å². The van der Waals surface area contributed by atoms with Gasteiger partial charge >= 0.3 is 0 Å². The maximum atomic E-state index is 12.4. The molecule has 0 bridgehead atoms. The first-order valence-corrected chi connectivity index (χ1v) is 9.77. The van der Waals surface area contributed by atoms with Crippen molar-refractivity contribution in [2.45, 2.75) is 51.0 Å². The molecule has 25 heavy (non-hydrogen) atoms. The molecule has 1 amide bonds. The minimum Gasteiger partial charge on any atom is -0.276 e. The van der Waals surface area contributed by atoms with Crippen molar-refractivity contribution in [3.05, 3.63) is 46.8 Å². The molecule has 0 aliphatic heterocycles. The number of rotatable bonds is 5. The molecule has 0 fully saturated rings. The average molecular weight is 362 g/mol. The summed E-state index contributed by atoms with van der Waals surface area (Å²) >= 11 is 0. The van der Waals surface area contributed by atoms with Crippen molar-refractivity contribution in [2.75, 3.05) is 0 Å². The van der Waals surface area contributed by atoms with Crippen LogP contribution in [0.2, 0.25) is 0 Å². The van der Waals surface area contributed by atoms with E-state index in [4.69, 9.17) is 0 Å². The molecule has 0 saturated carbocycles. The summed E-state index contributed by atoms with van der Waals surface area (Å²) in [5.41, 5.74) is 6.17. The lowest BCUT2D eigenvalue weighted by Crippen LogP contribution is -2.43. The quantitative estimate of drug-likeness (QED) is 0.786. The Morgan fingerprint density at radius 1 is 1.16 bits per heavy atom. The lowest BCUT2D eigenvalue weighted by Gasteiger charge is -2.17. The van der Waals surface area contributed by atoms with Crippen LogP contribution in [0.5, 0.6) is 0 Å². The fourth-order valence-corrected chi connectivity index (χ4v) is 3.98. The number of aromatic nitrogens is 2. The molecule has 1 aliphatic carbocycles. The number of hydrogen-bond donors (Lipinski definition) is 2. The highest BCUT2D eigenvalue weighted by Gasteiger charge is 2.18. The Labute approximate surface area is 147 Å². The number of amides is 1. The fourth-order valence-electron chi connectivity index (χ4n) is 3.07. The van der Waals surface area contributed by atoms with E-state index in [1.807, 2.05) is 26.0 Å². The topological polar surface area (TPSA) is 93.1 Å². The van der Waals surface area contributed by atoms with Crippen LogP contribution in [0.1, 0.15) is 35.4 Å². The second-order valence-electron chi connectivity index (χ2n) is 6.38. The molecule has 1 heterocycles. The molecular weight excluding hydrogens is 340 g/mol. The highest BCUT2D eigenvalue weighted by Crippen LogP contribution is 2.23. The van der Waals surface area contributed by atoms with Crippen LogP contribution in [-0.2, 0) is 34.2 Å². The average Bonchev–Trinajstić information content (AvgIpc) is 2.90. The molecule has 1 aliphatic rings. The number of nitrogens with one attached hydrogen (secondary N) is 2. The highest BCUT2D eigenvalue weighted by atomic mass is 32.2. The number of carbonyl (C=O) groups excluding carboxylic acids is 1. The van der Waals surface area contributed by atoms with Crippen LogP contribution in [0.4, 0.5) is 0 Å². The van der Waals surface area contributed by atoms with Gasteiger partial charge in [-0.3, -0.25) is 14.9 Å².